The van der Waals surface area contributed by atoms with Gasteiger partial charge >= 0.3 is 0 Å². The second-order valence-electron chi connectivity index (χ2n) is 6.73. The van der Waals surface area contributed by atoms with Gasteiger partial charge in [-0.25, -0.2) is 0 Å². The maximum Gasteiger partial charge on any atom is 0.0783 e. The lowest BCUT2D eigenvalue weighted by Crippen LogP contribution is -2.46. The molecule has 2 aliphatic rings. The van der Waals surface area contributed by atoms with E-state index in [1.165, 1.54) is 23.4 Å². The molecule has 3 unspecified atom stereocenters. The summed E-state index contributed by atoms with van der Waals surface area (Å²) in [6.07, 6.45) is 4.39. The van der Waals surface area contributed by atoms with E-state index in [0.717, 1.165) is 37.3 Å². The van der Waals surface area contributed by atoms with Crippen LogP contribution in [0.1, 0.15) is 36.2 Å². The average Bonchev–Trinajstić information content (AvgIpc) is 2.99. The molecule has 0 saturated carbocycles. The Bertz CT molecular complexity index is 508. The van der Waals surface area contributed by atoms with E-state index in [1.807, 2.05) is 23.5 Å². The Morgan fingerprint density at radius 1 is 1.52 bits per heavy atom. The summed E-state index contributed by atoms with van der Waals surface area (Å²) in [6.45, 7) is 5.11. The fourth-order valence-corrected chi connectivity index (χ4v) is 5.19. The quantitative estimate of drug-likeness (QED) is 0.930. The van der Waals surface area contributed by atoms with Crippen LogP contribution in [0.4, 0.5) is 0 Å². The van der Waals surface area contributed by atoms with Crippen molar-refractivity contribution in [1.29, 1.82) is 0 Å². The minimum atomic E-state index is 0.129. The highest BCUT2D eigenvalue weighted by molar-refractivity contribution is 7.99. The highest BCUT2D eigenvalue weighted by atomic mass is 32.2. The Morgan fingerprint density at radius 2 is 2.33 bits per heavy atom. The van der Waals surface area contributed by atoms with Gasteiger partial charge in [0, 0.05) is 31.1 Å². The normalized spacial score (nSPS) is 31.0. The Labute approximate surface area is 131 Å². The number of aromatic nitrogens is 2. The summed E-state index contributed by atoms with van der Waals surface area (Å²) in [5.41, 5.74) is 10.4. The van der Waals surface area contributed by atoms with E-state index in [9.17, 15) is 0 Å². The zero-order chi connectivity index (χ0) is 15.0. The van der Waals surface area contributed by atoms with Crippen molar-refractivity contribution in [3.05, 3.63) is 17.0 Å². The van der Waals surface area contributed by atoms with Gasteiger partial charge in [0.25, 0.3) is 0 Å². The number of nitrogens with two attached hydrogens (primary N) is 1. The Kier molecular flexibility index (Phi) is 4.35. The zero-order valence-electron chi connectivity index (χ0n) is 13.4. The molecule has 0 aliphatic carbocycles. The molecule has 0 radical (unpaired) electrons. The van der Waals surface area contributed by atoms with Crippen LogP contribution in [-0.4, -0.2) is 39.5 Å². The first kappa shape index (κ1) is 15.4. The van der Waals surface area contributed by atoms with Crippen LogP contribution in [0.2, 0.25) is 0 Å². The van der Waals surface area contributed by atoms with Crippen molar-refractivity contribution in [3.63, 3.8) is 0 Å². The van der Waals surface area contributed by atoms with E-state index in [-0.39, 0.29) is 11.6 Å². The molecule has 1 aromatic heterocycles. The largest absolute Gasteiger partial charge is 0.374 e. The zero-order valence-corrected chi connectivity index (χ0v) is 14.2. The van der Waals surface area contributed by atoms with E-state index >= 15 is 0 Å². The lowest BCUT2D eigenvalue weighted by Gasteiger charge is -2.40. The molecule has 2 saturated heterocycles. The molecule has 5 heteroatoms. The van der Waals surface area contributed by atoms with Crippen LogP contribution in [0.15, 0.2) is 0 Å². The van der Waals surface area contributed by atoms with Crippen molar-refractivity contribution < 1.29 is 4.74 Å². The molecule has 0 bridgehead atoms. The van der Waals surface area contributed by atoms with Gasteiger partial charge in [0.2, 0.25) is 0 Å². The van der Waals surface area contributed by atoms with Crippen molar-refractivity contribution in [2.75, 3.05) is 18.1 Å². The van der Waals surface area contributed by atoms with Crippen molar-refractivity contribution in [2.24, 2.45) is 18.7 Å². The van der Waals surface area contributed by atoms with E-state index in [1.54, 1.807) is 0 Å². The third-order valence-electron chi connectivity index (χ3n) is 5.30. The predicted molar refractivity (Wildman–Crippen MR) is 87.7 cm³/mol. The third-order valence-corrected chi connectivity index (χ3v) is 6.53. The number of thioether (sulfide) groups is 1. The SMILES string of the molecule is Cc1nn(C)c(C)c1CC(N)C1CCOC2(CCSC2)C1. The minimum Gasteiger partial charge on any atom is -0.374 e. The number of aryl methyl sites for hydroxylation is 2. The molecule has 3 rings (SSSR count). The monoisotopic (exact) mass is 309 g/mol. The molecule has 21 heavy (non-hydrogen) atoms. The number of hydrogen-bond acceptors (Lipinski definition) is 4. The van der Waals surface area contributed by atoms with Crippen molar-refractivity contribution >= 4 is 11.8 Å². The van der Waals surface area contributed by atoms with Gasteiger partial charge in [-0.2, -0.15) is 16.9 Å². The molecule has 3 heterocycles. The van der Waals surface area contributed by atoms with E-state index < -0.39 is 0 Å². The molecule has 4 nitrogen and oxygen atoms in total. The maximum absolute atomic E-state index is 6.58. The summed E-state index contributed by atoms with van der Waals surface area (Å²) in [4.78, 5) is 0. The second-order valence-corrected chi connectivity index (χ2v) is 7.83. The molecule has 2 N–H and O–H groups in total. The molecule has 0 aromatic carbocycles. The highest BCUT2D eigenvalue weighted by Gasteiger charge is 2.41. The topological polar surface area (TPSA) is 53.1 Å². The Morgan fingerprint density at radius 3 is 2.95 bits per heavy atom. The van der Waals surface area contributed by atoms with Gasteiger partial charge in [0.1, 0.15) is 0 Å². The fraction of sp³-hybridized carbons (Fsp3) is 0.812. The predicted octanol–water partition coefficient (Wildman–Crippen LogP) is 2.21. The standard InChI is InChI=1S/C16H27N3OS/c1-11-14(12(2)19(3)18-11)8-15(17)13-4-6-20-16(9-13)5-7-21-10-16/h13,15H,4-10,17H2,1-3H3. The van der Waals surface area contributed by atoms with Gasteiger partial charge in [0.05, 0.1) is 11.3 Å². The lowest BCUT2D eigenvalue weighted by atomic mass is 9.79. The van der Waals surface area contributed by atoms with Gasteiger partial charge in [-0.05, 0) is 56.8 Å². The van der Waals surface area contributed by atoms with Crippen LogP contribution in [-0.2, 0) is 18.2 Å². The fourth-order valence-electron chi connectivity index (χ4n) is 3.81. The number of nitrogens with zero attached hydrogens (tertiary/aromatic N) is 2. The molecule has 118 valence electrons. The van der Waals surface area contributed by atoms with Crippen LogP contribution in [0, 0.1) is 19.8 Å². The number of ether oxygens (including phenoxy) is 1. The van der Waals surface area contributed by atoms with E-state index in [4.69, 9.17) is 10.5 Å². The average molecular weight is 309 g/mol. The summed E-state index contributed by atoms with van der Waals surface area (Å²) in [7, 11) is 2.01. The smallest absolute Gasteiger partial charge is 0.0783 e. The number of rotatable bonds is 3. The van der Waals surface area contributed by atoms with Gasteiger partial charge < -0.3 is 10.5 Å². The maximum atomic E-state index is 6.58. The summed E-state index contributed by atoms with van der Waals surface area (Å²) < 4.78 is 8.08. The molecule has 3 atom stereocenters. The highest BCUT2D eigenvalue weighted by Crippen LogP contribution is 2.41. The van der Waals surface area contributed by atoms with E-state index in [0.29, 0.717) is 5.92 Å². The lowest BCUT2D eigenvalue weighted by molar-refractivity contribution is -0.0831. The third kappa shape index (κ3) is 3.01. The van der Waals surface area contributed by atoms with E-state index in [2.05, 4.69) is 18.9 Å². The summed E-state index contributed by atoms with van der Waals surface area (Å²) in [5, 5.41) is 4.51. The Hall–Kier alpha value is -0.520. The van der Waals surface area contributed by atoms with Crippen LogP contribution in [0.25, 0.3) is 0 Å². The Balaban J connectivity index is 1.68. The molecular formula is C16H27N3OS. The van der Waals surface area contributed by atoms with Crippen LogP contribution in [0.5, 0.6) is 0 Å². The summed E-state index contributed by atoms with van der Waals surface area (Å²) in [5.74, 6) is 2.97. The van der Waals surface area contributed by atoms with Gasteiger partial charge in [-0.1, -0.05) is 0 Å². The first-order valence-corrected chi connectivity index (χ1v) is 9.12. The van der Waals surface area contributed by atoms with Crippen molar-refractivity contribution in [2.45, 2.75) is 51.2 Å². The second kappa shape index (κ2) is 5.94. The van der Waals surface area contributed by atoms with Crippen LogP contribution in [0.3, 0.4) is 0 Å². The van der Waals surface area contributed by atoms with Crippen LogP contribution >= 0.6 is 11.8 Å². The first-order valence-electron chi connectivity index (χ1n) is 7.97. The molecule has 0 amide bonds. The molecule has 2 aliphatic heterocycles. The molecule has 1 aromatic rings. The number of hydrogen-bond donors (Lipinski definition) is 1. The first-order chi connectivity index (χ1) is 10.0. The van der Waals surface area contributed by atoms with Crippen molar-refractivity contribution in [3.8, 4) is 0 Å². The molecule has 1 spiro atoms. The van der Waals surface area contributed by atoms with Crippen molar-refractivity contribution in [1.82, 2.24) is 9.78 Å². The molecular weight excluding hydrogens is 282 g/mol. The van der Waals surface area contributed by atoms with Gasteiger partial charge in [-0.3, -0.25) is 4.68 Å². The van der Waals surface area contributed by atoms with Crippen LogP contribution < -0.4 is 5.73 Å². The summed E-state index contributed by atoms with van der Waals surface area (Å²) >= 11 is 2.03. The summed E-state index contributed by atoms with van der Waals surface area (Å²) in [6, 6.07) is 0.220. The molecule has 2 fully saturated rings. The minimum absolute atomic E-state index is 0.129. The van der Waals surface area contributed by atoms with Gasteiger partial charge in [-0.15, -0.1) is 0 Å². The van der Waals surface area contributed by atoms with Gasteiger partial charge in [0.15, 0.2) is 0 Å².